The second-order valence-electron chi connectivity index (χ2n) is 8.49. The Morgan fingerprint density at radius 3 is 2.44 bits per heavy atom. The molecule has 1 aliphatic heterocycles. The van der Waals surface area contributed by atoms with Crippen LogP contribution in [0.1, 0.15) is 54.9 Å². The van der Waals surface area contributed by atoms with Crippen molar-refractivity contribution in [1.82, 2.24) is 25.1 Å². The first-order valence-corrected chi connectivity index (χ1v) is 12.1. The van der Waals surface area contributed by atoms with Gasteiger partial charge in [-0.05, 0) is 46.8 Å². The van der Waals surface area contributed by atoms with Gasteiger partial charge < -0.3 is 4.90 Å². The molecule has 2 fully saturated rings. The maximum atomic E-state index is 10.9. The molecule has 5 rings (SSSR count). The van der Waals surface area contributed by atoms with Gasteiger partial charge in [-0.25, -0.2) is 4.68 Å². The summed E-state index contributed by atoms with van der Waals surface area (Å²) in [5.74, 6) is 0.947. The Labute approximate surface area is 190 Å². The minimum absolute atomic E-state index is 0.0472. The van der Waals surface area contributed by atoms with E-state index in [1.54, 1.807) is 23.5 Å². The zero-order valence-electron chi connectivity index (χ0n) is 17.9. The van der Waals surface area contributed by atoms with E-state index in [2.05, 4.69) is 47.5 Å². The first-order valence-electron chi connectivity index (χ1n) is 11.3. The van der Waals surface area contributed by atoms with E-state index < -0.39 is 0 Å². The lowest BCUT2D eigenvalue weighted by molar-refractivity contribution is -0.384. The largest absolute Gasteiger partial charge is 0.369 e. The molecule has 2 aromatic heterocycles. The first-order chi connectivity index (χ1) is 15.7. The van der Waals surface area contributed by atoms with Crippen LogP contribution in [0.4, 0.5) is 11.4 Å². The van der Waals surface area contributed by atoms with E-state index in [0.717, 1.165) is 50.5 Å². The topological polar surface area (TPSA) is 93.2 Å². The van der Waals surface area contributed by atoms with Gasteiger partial charge in [0.15, 0.2) is 5.82 Å². The van der Waals surface area contributed by atoms with Crippen molar-refractivity contribution in [3.63, 3.8) is 0 Å². The zero-order valence-corrected chi connectivity index (χ0v) is 18.7. The Balaban J connectivity index is 1.35. The Kier molecular flexibility index (Phi) is 6.13. The van der Waals surface area contributed by atoms with E-state index in [4.69, 9.17) is 0 Å². The molecule has 1 saturated heterocycles. The fourth-order valence-electron chi connectivity index (χ4n) is 4.91. The highest BCUT2D eigenvalue weighted by Gasteiger charge is 2.33. The molecule has 0 radical (unpaired) electrons. The molecule has 1 aliphatic carbocycles. The molecule has 1 saturated carbocycles. The molecule has 0 N–H and O–H groups in total. The summed E-state index contributed by atoms with van der Waals surface area (Å²) in [6.45, 7) is 3.45. The van der Waals surface area contributed by atoms with Crippen LogP contribution in [0.2, 0.25) is 0 Å². The Bertz CT molecular complexity index is 1020. The molecule has 168 valence electrons. The van der Waals surface area contributed by atoms with Crippen LogP contribution < -0.4 is 4.90 Å². The summed E-state index contributed by atoms with van der Waals surface area (Å²) in [4.78, 5) is 16.6. The fraction of sp³-hybridized carbons (Fsp3) is 0.500. The summed E-state index contributed by atoms with van der Waals surface area (Å²) in [6.07, 6.45) is 6.06. The predicted molar refractivity (Wildman–Crippen MR) is 123 cm³/mol. The molecule has 0 bridgehead atoms. The van der Waals surface area contributed by atoms with Crippen molar-refractivity contribution in [2.75, 3.05) is 31.1 Å². The van der Waals surface area contributed by atoms with E-state index in [0.29, 0.717) is 6.04 Å². The first kappa shape index (κ1) is 21.0. The number of nitro benzene ring substituents is 1. The van der Waals surface area contributed by atoms with Crippen molar-refractivity contribution < 1.29 is 4.92 Å². The molecule has 0 amide bonds. The molecule has 3 aromatic rings. The van der Waals surface area contributed by atoms with E-state index in [9.17, 15) is 10.1 Å². The molecular weight excluding hydrogens is 426 g/mol. The van der Waals surface area contributed by atoms with Gasteiger partial charge >= 0.3 is 0 Å². The summed E-state index contributed by atoms with van der Waals surface area (Å²) < 4.78 is 2.09. The lowest BCUT2D eigenvalue weighted by Crippen LogP contribution is -2.48. The number of piperazine rings is 1. The van der Waals surface area contributed by atoms with Gasteiger partial charge in [0, 0.05) is 48.9 Å². The third-order valence-electron chi connectivity index (χ3n) is 6.60. The zero-order chi connectivity index (χ0) is 21.9. The summed E-state index contributed by atoms with van der Waals surface area (Å²) in [5.41, 5.74) is 1.15. The smallest absolute Gasteiger partial charge is 0.269 e. The molecule has 1 unspecified atom stereocenters. The van der Waals surface area contributed by atoms with Gasteiger partial charge in [0.2, 0.25) is 0 Å². The van der Waals surface area contributed by atoms with Crippen molar-refractivity contribution in [2.45, 2.75) is 44.2 Å². The molecule has 9 nitrogen and oxygen atoms in total. The molecule has 32 heavy (non-hydrogen) atoms. The van der Waals surface area contributed by atoms with E-state index >= 15 is 0 Å². The third kappa shape index (κ3) is 4.24. The number of anilines is 1. The number of hydrogen-bond acceptors (Lipinski definition) is 8. The van der Waals surface area contributed by atoms with Crippen LogP contribution in [0.3, 0.4) is 0 Å². The van der Waals surface area contributed by atoms with Gasteiger partial charge in [0.1, 0.15) is 6.04 Å². The van der Waals surface area contributed by atoms with Crippen LogP contribution in [-0.2, 0) is 0 Å². The Hall–Kier alpha value is -2.85. The van der Waals surface area contributed by atoms with E-state index in [1.807, 2.05) is 12.1 Å². The minimum Gasteiger partial charge on any atom is -0.369 e. The number of nitrogens with zero attached hydrogens (tertiary/aromatic N) is 7. The standard InChI is InChI=1S/C22H27N7O2S/c30-29(31)19-10-8-17(9-11-19)26-12-14-27(15-13-26)21(20-7-4-16-32-20)22-23-24-25-28(22)18-5-2-1-3-6-18/h4,7-11,16,18,21H,1-3,5-6,12-15H2. The van der Waals surface area contributed by atoms with Crippen molar-refractivity contribution in [3.8, 4) is 0 Å². The maximum Gasteiger partial charge on any atom is 0.269 e. The highest BCUT2D eigenvalue weighted by Crippen LogP contribution is 2.35. The van der Waals surface area contributed by atoms with Crippen molar-refractivity contribution in [2.24, 2.45) is 0 Å². The quantitative estimate of drug-likeness (QED) is 0.410. The van der Waals surface area contributed by atoms with Crippen LogP contribution in [0.25, 0.3) is 0 Å². The highest BCUT2D eigenvalue weighted by molar-refractivity contribution is 7.10. The normalized spacial score (nSPS) is 19.2. The van der Waals surface area contributed by atoms with E-state index in [1.165, 1.54) is 24.1 Å². The van der Waals surface area contributed by atoms with Crippen LogP contribution in [0, 0.1) is 10.1 Å². The van der Waals surface area contributed by atoms with Gasteiger partial charge in [-0.3, -0.25) is 15.0 Å². The second-order valence-corrected chi connectivity index (χ2v) is 9.47. The molecule has 1 aromatic carbocycles. The van der Waals surface area contributed by atoms with E-state index in [-0.39, 0.29) is 16.7 Å². The monoisotopic (exact) mass is 453 g/mol. The number of thiophene rings is 1. The maximum absolute atomic E-state index is 10.9. The van der Waals surface area contributed by atoms with Crippen LogP contribution in [0.15, 0.2) is 41.8 Å². The summed E-state index contributed by atoms with van der Waals surface area (Å²) in [5, 5.41) is 26.1. The van der Waals surface area contributed by atoms with Crippen molar-refractivity contribution in [3.05, 3.63) is 62.6 Å². The average Bonchev–Trinajstić information content (AvgIpc) is 3.54. The van der Waals surface area contributed by atoms with Crippen LogP contribution in [0.5, 0.6) is 0 Å². The number of aromatic nitrogens is 4. The fourth-order valence-corrected chi connectivity index (χ4v) is 5.76. The Morgan fingerprint density at radius 2 is 1.78 bits per heavy atom. The number of nitro groups is 1. The molecule has 1 atom stereocenters. The number of tetrazole rings is 1. The van der Waals surface area contributed by atoms with Crippen molar-refractivity contribution >= 4 is 22.7 Å². The summed E-state index contributed by atoms with van der Waals surface area (Å²) in [7, 11) is 0. The third-order valence-corrected chi connectivity index (χ3v) is 7.53. The minimum atomic E-state index is -0.357. The molecule has 10 heteroatoms. The van der Waals surface area contributed by atoms with Crippen molar-refractivity contribution in [1.29, 1.82) is 0 Å². The lowest BCUT2D eigenvalue weighted by atomic mass is 9.95. The summed E-state index contributed by atoms with van der Waals surface area (Å²) >= 11 is 1.75. The predicted octanol–water partition coefficient (Wildman–Crippen LogP) is 4.06. The Morgan fingerprint density at radius 1 is 1.03 bits per heavy atom. The number of hydrogen-bond donors (Lipinski definition) is 0. The van der Waals surface area contributed by atoms with Gasteiger partial charge in [0.05, 0.1) is 11.0 Å². The summed E-state index contributed by atoms with van der Waals surface area (Å²) in [6, 6.07) is 11.5. The average molecular weight is 454 g/mol. The van der Waals surface area contributed by atoms with Gasteiger partial charge in [-0.15, -0.1) is 16.4 Å². The SMILES string of the molecule is O=[N+]([O-])c1ccc(N2CCN(C(c3cccs3)c3nnnn3C3CCCCC3)CC2)cc1. The van der Waals surface area contributed by atoms with Gasteiger partial charge in [0.25, 0.3) is 5.69 Å². The van der Waals surface area contributed by atoms with Gasteiger partial charge in [-0.1, -0.05) is 25.3 Å². The van der Waals surface area contributed by atoms with Crippen LogP contribution in [-0.4, -0.2) is 56.2 Å². The second kappa shape index (κ2) is 9.33. The lowest BCUT2D eigenvalue weighted by Gasteiger charge is -2.39. The number of rotatable bonds is 6. The number of non-ortho nitro benzene ring substituents is 1. The molecule has 2 aliphatic rings. The molecule has 0 spiro atoms. The van der Waals surface area contributed by atoms with Crippen LogP contribution >= 0.6 is 11.3 Å². The molecular formula is C22H27N7O2S. The van der Waals surface area contributed by atoms with Gasteiger partial charge in [-0.2, -0.15) is 0 Å². The highest BCUT2D eigenvalue weighted by atomic mass is 32.1. The molecule has 3 heterocycles. The number of benzene rings is 1.